The van der Waals surface area contributed by atoms with Crippen molar-refractivity contribution >= 4 is 18.1 Å². The molecule has 8 heteroatoms. The summed E-state index contributed by atoms with van der Waals surface area (Å²) in [7, 11) is 0. The minimum atomic E-state index is -0.136. The highest BCUT2D eigenvalue weighted by Gasteiger charge is 2.31. The molecule has 1 unspecified atom stereocenters. The second-order valence-corrected chi connectivity index (χ2v) is 8.05. The maximum atomic E-state index is 14.2. The van der Waals surface area contributed by atoms with Gasteiger partial charge in [0.15, 0.2) is 5.82 Å². The third-order valence-electron chi connectivity index (χ3n) is 6.27. The number of unbranched alkanes of at least 4 members (excludes halogenated alkanes) is 1. The van der Waals surface area contributed by atoms with E-state index in [1.54, 1.807) is 12.1 Å². The third kappa shape index (κ3) is 4.89. The number of hydrogen-bond donors (Lipinski definition) is 0. The zero-order chi connectivity index (χ0) is 19.3. The molecule has 29 heavy (non-hydrogen) atoms. The Morgan fingerprint density at radius 1 is 1.10 bits per heavy atom. The fraction of sp³-hybridized carbons (Fsp3) is 0.667. The third-order valence-corrected chi connectivity index (χ3v) is 6.27. The second kappa shape index (κ2) is 10.3. The molecule has 0 N–H and O–H groups in total. The van der Waals surface area contributed by atoms with Crippen molar-refractivity contribution in [3.8, 4) is 0 Å². The van der Waals surface area contributed by atoms with E-state index in [0.29, 0.717) is 11.7 Å². The van der Waals surface area contributed by atoms with Gasteiger partial charge in [-0.2, -0.15) is 0 Å². The molecule has 0 radical (unpaired) electrons. The molecule has 0 amide bonds. The zero-order valence-corrected chi connectivity index (χ0v) is 18.0. The Morgan fingerprint density at radius 3 is 2.52 bits per heavy atom. The molecule has 1 aliphatic heterocycles. The Morgan fingerprint density at radius 2 is 1.83 bits per heavy atom. The summed E-state index contributed by atoms with van der Waals surface area (Å²) in [5.41, 5.74) is 0.711. The van der Waals surface area contributed by atoms with E-state index < -0.39 is 0 Å². The first-order valence-corrected chi connectivity index (χ1v) is 10.8. The number of tetrazole rings is 1. The van der Waals surface area contributed by atoms with Crippen molar-refractivity contribution in [1.82, 2.24) is 25.1 Å². The molecular weight excluding hydrogens is 391 g/mol. The van der Waals surface area contributed by atoms with E-state index in [-0.39, 0.29) is 24.3 Å². The van der Waals surface area contributed by atoms with Crippen LogP contribution in [0.3, 0.4) is 0 Å². The number of nitrogens with zero attached hydrogens (tertiary/aromatic N) is 6. The van der Waals surface area contributed by atoms with Crippen LogP contribution in [-0.2, 0) is 0 Å². The van der Waals surface area contributed by atoms with E-state index in [0.717, 1.165) is 51.3 Å². The number of benzene rings is 1. The van der Waals surface area contributed by atoms with Gasteiger partial charge in [0, 0.05) is 26.2 Å². The molecule has 1 saturated heterocycles. The summed E-state index contributed by atoms with van der Waals surface area (Å²) < 4.78 is 16.3. The Balaban J connectivity index is 0.00000240. The van der Waals surface area contributed by atoms with Gasteiger partial charge < -0.3 is 4.90 Å². The van der Waals surface area contributed by atoms with Crippen LogP contribution in [0, 0.1) is 5.82 Å². The normalized spacial score (nSPS) is 19.3. The summed E-state index contributed by atoms with van der Waals surface area (Å²) in [4.78, 5) is 4.66. The maximum Gasteiger partial charge on any atom is 0.168 e. The van der Waals surface area contributed by atoms with E-state index in [4.69, 9.17) is 0 Å². The largest absolute Gasteiger partial charge is 0.367 e. The number of rotatable bonds is 7. The van der Waals surface area contributed by atoms with Gasteiger partial charge in [0.1, 0.15) is 5.82 Å². The number of para-hydroxylation sites is 1. The van der Waals surface area contributed by atoms with Crippen molar-refractivity contribution in [2.75, 3.05) is 31.1 Å². The van der Waals surface area contributed by atoms with Gasteiger partial charge in [-0.1, -0.05) is 44.7 Å². The lowest BCUT2D eigenvalue weighted by molar-refractivity contribution is 0.159. The molecule has 2 aliphatic rings. The van der Waals surface area contributed by atoms with E-state index in [9.17, 15) is 4.39 Å². The van der Waals surface area contributed by atoms with Crippen LogP contribution in [0.1, 0.15) is 69.8 Å². The summed E-state index contributed by atoms with van der Waals surface area (Å²) >= 11 is 0. The molecule has 4 rings (SSSR count). The van der Waals surface area contributed by atoms with Crippen molar-refractivity contribution in [2.24, 2.45) is 0 Å². The van der Waals surface area contributed by atoms with E-state index in [2.05, 4.69) is 36.9 Å². The molecule has 1 aliphatic carbocycles. The summed E-state index contributed by atoms with van der Waals surface area (Å²) in [5.74, 6) is 0.892. The van der Waals surface area contributed by atoms with Gasteiger partial charge in [-0.25, -0.2) is 9.07 Å². The highest BCUT2D eigenvalue weighted by molar-refractivity contribution is 5.85. The van der Waals surface area contributed by atoms with Crippen LogP contribution in [0.15, 0.2) is 24.3 Å². The van der Waals surface area contributed by atoms with Crippen LogP contribution >= 0.6 is 12.4 Å². The first kappa shape index (κ1) is 22.0. The van der Waals surface area contributed by atoms with Crippen molar-refractivity contribution in [1.29, 1.82) is 0 Å². The quantitative estimate of drug-likeness (QED) is 0.661. The molecule has 0 bridgehead atoms. The van der Waals surface area contributed by atoms with Crippen molar-refractivity contribution in [2.45, 2.75) is 64.0 Å². The van der Waals surface area contributed by atoms with Crippen LogP contribution in [0.25, 0.3) is 0 Å². The van der Waals surface area contributed by atoms with Crippen molar-refractivity contribution in [3.63, 3.8) is 0 Å². The van der Waals surface area contributed by atoms with Crippen LogP contribution in [0.4, 0.5) is 10.1 Å². The SMILES string of the molecule is CCCCC(c1nnnn1C1CCCC1)N1CCN(c2ccccc2F)CC1.Cl. The highest BCUT2D eigenvalue weighted by atomic mass is 35.5. The Labute approximate surface area is 178 Å². The molecule has 6 nitrogen and oxygen atoms in total. The standard InChI is InChI=1S/C21H31FN6.ClH/c1-2-3-11-20(21-23-24-25-28(21)17-8-4-5-9-17)27-15-13-26(14-16-27)19-12-7-6-10-18(19)22;/h6-7,10,12,17,20H,2-5,8-9,11,13-16H2,1H3;1H. The van der Waals surface area contributed by atoms with Crippen LogP contribution in [0.2, 0.25) is 0 Å². The lowest BCUT2D eigenvalue weighted by atomic mass is 10.1. The number of aromatic nitrogens is 4. The van der Waals surface area contributed by atoms with Crippen LogP contribution in [-0.4, -0.2) is 51.3 Å². The van der Waals surface area contributed by atoms with E-state index in [1.807, 2.05) is 12.1 Å². The highest BCUT2D eigenvalue weighted by Crippen LogP contribution is 2.33. The molecule has 160 valence electrons. The molecule has 1 aromatic heterocycles. The maximum absolute atomic E-state index is 14.2. The monoisotopic (exact) mass is 422 g/mol. The second-order valence-electron chi connectivity index (χ2n) is 8.05. The van der Waals surface area contributed by atoms with Gasteiger partial charge >= 0.3 is 0 Å². The number of hydrogen-bond acceptors (Lipinski definition) is 5. The van der Waals surface area contributed by atoms with Gasteiger partial charge in [-0.3, -0.25) is 4.90 Å². The molecule has 2 heterocycles. The topological polar surface area (TPSA) is 50.1 Å². The first-order chi connectivity index (χ1) is 13.8. The number of halogens is 2. The summed E-state index contributed by atoms with van der Waals surface area (Å²) in [6.45, 7) is 5.69. The summed E-state index contributed by atoms with van der Waals surface area (Å²) in [6.07, 6.45) is 8.30. The molecule has 0 spiro atoms. The van der Waals surface area contributed by atoms with Gasteiger partial charge in [-0.15, -0.1) is 17.5 Å². The smallest absolute Gasteiger partial charge is 0.168 e. The average Bonchev–Trinajstić information content (AvgIpc) is 3.41. The lowest BCUT2D eigenvalue weighted by Crippen LogP contribution is -2.48. The Kier molecular flexibility index (Phi) is 7.84. The van der Waals surface area contributed by atoms with Crippen LogP contribution < -0.4 is 4.90 Å². The fourth-order valence-electron chi connectivity index (χ4n) is 4.68. The molecule has 2 aromatic rings. The molecule has 1 saturated carbocycles. The molecular formula is C21H32ClFN6. The van der Waals surface area contributed by atoms with Gasteiger partial charge in [0.05, 0.1) is 17.8 Å². The molecule has 2 fully saturated rings. The zero-order valence-electron chi connectivity index (χ0n) is 17.2. The lowest BCUT2D eigenvalue weighted by Gasteiger charge is -2.40. The molecule has 1 atom stereocenters. The predicted octanol–water partition coefficient (Wildman–Crippen LogP) is 4.40. The van der Waals surface area contributed by atoms with Crippen molar-refractivity contribution in [3.05, 3.63) is 35.9 Å². The Hall–Kier alpha value is -1.73. The summed E-state index contributed by atoms with van der Waals surface area (Å²) in [6, 6.07) is 7.78. The minimum absolute atomic E-state index is 0. The molecule has 1 aromatic carbocycles. The van der Waals surface area contributed by atoms with Crippen LogP contribution in [0.5, 0.6) is 0 Å². The number of piperazine rings is 1. The summed E-state index contributed by atoms with van der Waals surface area (Å²) in [5, 5.41) is 12.9. The van der Waals surface area contributed by atoms with Gasteiger partial charge in [-0.05, 0) is 41.8 Å². The minimum Gasteiger partial charge on any atom is -0.367 e. The first-order valence-electron chi connectivity index (χ1n) is 10.8. The van der Waals surface area contributed by atoms with E-state index >= 15 is 0 Å². The predicted molar refractivity (Wildman–Crippen MR) is 115 cm³/mol. The number of anilines is 1. The van der Waals surface area contributed by atoms with Crippen molar-refractivity contribution < 1.29 is 4.39 Å². The van der Waals surface area contributed by atoms with Gasteiger partial charge in [0.2, 0.25) is 0 Å². The fourth-order valence-corrected chi connectivity index (χ4v) is 4.68. The Bertz CT molecular complexity index is 755. The van der Waals surface area contributed by atoms with E-state index in [1.165, 1.54) is 25.7 Å². The van der Waals surface area contributed by atoms with Gasteiger partial charge in [0.25, 0.3) is 0 Å². The average molecular weight is 423 g/mol.